The van der Waals surface area contributed by atoms with Crippen LogP contribution in [0.2, 0.25) is 0 Å². The number of anilines is 4. The maximum atomic E-state index is 9.38. The van der Waals surface area contributed by atoms with Crippen molar-refractivity contribution in [2.75, 3.05) is 23.8 Å². The van der Waals surface area contributed by atoms with Crippen LogP contribution < -0.4 is 20.1 Å². The summed E-state index contributed by atoms with van der Waals surface area (Å²) in [7, 11) is 0. The Bertz CT molecular complexity index is 1240. The molecule has 0 fully saturated rings. The molecule has 0 spiro atoms. The van der Waals surface area contributed by atoms with Gasteiger partial charge in [-0.2, -0.15) is 5.26 Å². The Balaban J connectivity index is 1.42. The fourth-order valence-electron chi connectivity index (χ4n) is 3.29. The van der Waals surface area contributed by atoms with Crippen molar-refractivity contribution in [3.8, 4) is 17.6 Å². The summed E-state index contributed by atoms with van der Waals surface area (Å²) in [6, 6.07) is 19.4. The first-order valence-electron chi connectivity index (χ1n) is 9.20. The third-order valence-corrected chi connectivity index (χ3v) is 4.60. The van der Waals surface area contributed by atoms with Crippen molar-refractivity contribution >= 4 is 33.8 Å². The third-order valence-electron chi connectivity index (χ3n) is 4.60. The minimum Gasteiger partial charge on any atom is -0.486 e. The lowest BCUT2D eigenvalue weighted by molar-refractivity contribution is 0.171. The average Bonchev–Trinajstić information content (AvgIpc) is 3.21. The lowest BCUT2D eigenvalue weighted by Crippen LogP contribution is -2.15. The Morgan fingerprint density at radius 2 is 1.69 bits per heavy atom. The first-order valence-corrected chi connectivity index (χ1v) is 9.20. The van der Waals surface area contributed by atoms with Gasteiger partial charge < -0.3 is 25.1 Å². The summed E-state index contributed by atoms with van der Waals surface area (Å²) < 4.78 is 11.2. The molecule has 0 saturated carbocycles. The molecule has 2 aromatic heterocycles. The molecule has 1 aliphatic heterocycles. The molecule has 0 saturated heterocycles. The Morgan fingerprint density at radius 1 is 0.862 bits per heavy atom. The van der Waals surface area contributed by atoms with Gasteiger partial charge in [0.2, 0.25) is 0 Å². The van der Waals surface area contributed by atoms with E-state index in [1.165, 1.54) is 0 Å². The van der Waals surface area contributed by atoms with Crippen LogP contribution in [0.5, 0.6) is 11.5 Å². The summed E-state index contributed by atoms with van der Waals surface area (Å²) in [5, 5.41) is 17.1. The summed E-state index contributed by atoms with van der Waals surface area (Å²) in [4.78, 5) is 7.55. The quantitative estimate of drug-likeness (QED) is 0.473. The van der Waals surface area contributed by atoms with Gasteiger partial charge in [0.25, 0.3) is 0 Å². The first kappa shape index (κ1) is 17.0. The highest BCUT2D eigenvalue weighted by molar-refractivity contribution is 5.83. The van der Waals surface area contributed by atoms with Gasteiger partial charge in [0.1, 0.15) is 30.8 Å². The van der Waals surface area contributed by atoms with Gasteiger partial charge in [0.05, 0.1) is 0 Å². The number of pyridine rings is 1. The topological polar surface area (TPSA) is 95.0 Å². The van der Waals surface area contributed by atoms with Crippen molar-refractivity contribution < 1.29 is 9.47 Å². The van der Waals surface area contributed by atoms with Crippen LogP contribution in [-0.2, 0) is 0 Å². The summed E-state index contributed by atoms with van der Waals surface area (Å²) >= 11 is 0. The molecule has 7 heteroatoms. The number of fused-ring (bicyclic) bond motifs is 2. The van der Waals surface area contributed by atoms with Crippen LogP contribution in [0, 0.1) is 11.3 Å². The fraction of sp³-hybridized carbons (Fsp3) is 0.0909. The van der Waals surface area contributed by atoms with Crippen molar-refractivity contribution in [3.63, 3.8) is 0 Å². The maximum Gasteiger partial charge on any atom is 0.163 e. The highest BCUT2D eigenvalue weighted by Crippen LogP contribution is 2.34. The van der Waals surface area contributed by atoms with Gasteiger partial charge in [-0.05, 0) is 41.8 Å². The number of benzene rings is 2. The van der Waals surface area contributed by atoms with Crippen molar-refractivity contribution in [1.29, 1.82) is 5.26 Å². The zero-order valence-electron chi connectivity index (χ0n) is 15.4. The van der Waals surface area contributed by atoms with Crippen LogP contribution in [-0.4, -0.2) is 23.2 Å². The Labute approximate surface area is 166 Å². The molecule has 0 bridgehead atoms. The molecule has 4 aromatic rings. The Morgan fingerprint density at radius 3 is 2.59 bits per heavy atom. The smallest absolute Gasteiger partial charge is 0.163 e. The summed E-state index contributed by atoms with van der Waals surface area (Å²) in [5.41, 5.74) is 3.81. The van der Waals surface area contributed by atoms with Crippen molar-refractivity contribution in [1.82, 2.24) is 9.97 Å². The monoisotopic (exact) mass is 383 g/mol. The molecule has 0 atom stereocenters. The molecule has 1 aliphatic rings. The number of aromatic amines is 1. The lowest BCUT2D eigenvalue weighted by Gasteiger charge is -2.19. The summed E-state index contributed by atoms with van der Waals surface area (Å²) in [6.45, 7) is 1.09. The normalized spacial score (nSPS) is 12.4. The Kier molecular flexibility index (Phi) is 4.15. The van der Waals surface area contributed by atoms with Crippen LogP contribution in [0.25, 0.3) is 10.9 Å². The van der Waals surface area contributed by atoms with E-state index in [9.17, 15) is 5.26 Å². The number of ether oxygens (including phenoxy) is 2. The number of rotatable bonds is 4. The molecule has 5 rings (SSSR count). The fourth-order valence-corrected chi connectivity index (χ4v) is 3.29. The van der Waals surface area contributed by atoms with Gasteiger partial charge in [-0.25, -0.2) is 4.98 Å². The summed E-state index contributed by atoms with van der Waals surface area (Å²) in [6.07, 6.45) is 1.90. The number of aromatic nitrogens is 2. The first-order chi connectivity index (χ1) is 14.3. The highest BCUT2D eigenvalue weighted by atomic mass is 16.6. The second kappa shape index (κ2) is 7.09. The number of nitrogens with one attached hydrogen (secondary N) is 3. The summed E-state index contributed by atoms with van der Waals surface area (Å²) in [5.74, 6) is 2.01. The molecule has 0 radical (unpaired) electrons. The van der Waals surface area contributed by atoms with E-state index in [1.54, 1.807) is 6.07 Å². The van der Waals surface area contributed by atoms with Crippen molar-refractivity contribution in [3.05, 3.63) is 66.5 Å². The Hall–Kier alpha value is -4.18. The van der Waals surface area contributed by atoms with Gasteiger partial charge >= 0.3 is 0 Å². The van der Waals surface area contributed by atoms with Crippen LogP contribution in [0.1, 0.15) is 5.69 Å². The zero-order valence-corrected chi connectivity index (χ0v) is 15.4. The van der Waals surface area contributed by atoms with E-state index in [0.717, 1.165) is 33.7 Å². The van der Waals surface area contributed by atoms with E-state index in [0.29, 0.717) is 30.5 Å². The zero-order chi connectivity index (χ0) is 19.6. The van der Waals surface area contributed by atoms with E-state index < -0.39 is 0 Å². The number of H-pyrrole nitrogens is 1. The minimum absolute atomic E-state index is 0.316. The average molecular weight is 383 g/mol. The molecular formula is C22H17N5O2. The number of hydrogen-bond donors (Lipinski definition) is 3. The lowest BCUT2D eigenvalue weighted by atomic mass is 10.2. The van der Waals surface area contributed by atoms with Crippen LogP contribution >= 0.6 is 0 Å². The molecular weight excluding hydrogens is 366 g/mol. The number of nitrogens with zero attached hydrogens (tertiary/aromatic N) is 2. The predicted molar refractivity (Wildman–Crippen MR) is 111 cm³/mol. The van der Waals surface area contributed by atoms with E-state index >= 15 is 0 Å². The van der Waals surface area contributed by atoms with Gasteiger partial charge in [-0.1, -0.05) is 6.07 Å². The van der Waals surface area contributed by atoms with Crippen LogP contribution in [0.15, 0.2) is 60.8 Å². The SMILES string of the molecule is N#Cc1cc(Nc2ccc3c(c2)OCCO3)cc(Nc2ccc3cc[nH]c3c2)n1. The number of hydrogen-bond acceptors (Lipinski definition) is 6. The second-order valence-electron chi connectivity index (χ2n) is 6.63. The molecule has 7 nitrogen and oxygen atoms in total. The van der Waals surface area contributed by atoms with Gasteiger partial charge in [-0.15, -0.1) is 0 Å². The van der Waals surface area contributed by atoms with E-state index in [2.05, 4.69) is 26.7 Å². The van der Waals surface area contributed by atoms with Gasteiger partial charge in [0.15, 0.2) is 11.5 Å². The van der Waals surface area contributed by atoms with E-state index in [4.69, 9.17) is 9.47 Å². The molecule has 2 aromatic carbocycles. The van der Waals surface area contributed by atoms with E-state index in [-0.39, 0.29) is 0 Å². The van der Waals surface area contributed by atoms with Gasteiger partial charge in [0, 0.05) is 40.9 Å². The van der Waals surface area contributed by atoms with Gasteiger partial charge in [-0.3, -0.25) is 0 Å². The number of nitriles is 1. The second-order valence-corrected chi connectivity index (χ2v) is 6.63. The standard InChI is InChI=1S/C22H17N5O2/c23-13-18-9-17(25-16-3-4-20-21(11-16)29-8-7-28-20)12-22(27-18)26-15-2-1-14-5-6-24-19(14)10-15/h1-6,9-12,24H,7-8H2,(H2,25,26,27). The van der Waals surface area contributed by atoms with Crippen molar-refractivity contribution in [2.45, 2.75) is 0 Å². The molecule has 0 unspecified atom stereocenters. The van der Waals surface area contributed by atoms with Crippen LogP contribution in [0.4, 0.5) is 22.9 Å². The van der Waals surface area contributed by atoms with Crippen LogP contribution in [0.3, 0.4) is 0 Å². The molecule has 0 aliphatic carbocycles. The molecule has 142 valence electrons. The minimum atomic E-state index is 0.316. The van der Waals surface area contributed by atoms with E-state index in [1.807, 2.05) is 54.7 Å². The highest BCUT2D eigenvalue weighted by Gasteiger charge is 2.12. The molecule has 29 heavy (non-hydrogen) atoms. The molecule has 3 N–H and O–H groups in total. The predicted octanol–water partition coefficient (Wildman–Crippen LogP) is 4.69. The molecule has 3 heterocycles. The maximum absolute atomic E-state index is 9.38. The molecule has 0 amide bonds. The third kappa shape index (κ3) is 3.51. The largest absolute Gasteiger partial charge is 0.486 e. The van der Waals surface area contributed by atoms with Crippen molar-refractivity contribution in [2.24, 2.45) is 0 Å².